The maximum absolute atomic E-state index is 12.1. The van der Waals surface area contributed by atoms with Crippen molar-refractivity contribution in [3.63, 3.8) is 0 Å². The third kappa shape index (κ3) is 4.20. The van der Waals surface area contributed by atoms with E-state index in [-0.39, 0.29) is 36.2 Å². The highest BCUT2D eigenvalue weighted by Gasteiger charge is 2.15. The van der Waals surface area contributed by atoms with Crippen LogP contribution < -0.4 is 11.1 Å². The van der Waals surface area contributed by atoms with Crippen LogP contribution in [0.1, 0.15) is 31.4 Å². The molecule has 0 fully saturated rings. The van der Waals surface area contributed by atoms with Gasteiger partial charge in [-0.3, -0.25) is 24.5 Å². The Bertz CT molecular complexity index is 1030. The number of oxazole rings is 1. The number of benzene rings is 1. The molecule has 1 atom stereocenters. The molecule has 9 nitrogen and oxygen atoms in total. The summed E-state index contributed by atoms with van der Waals surface area (Å²) in [6.45, 7) is 2.15. The number of nitrogens with zero attached hydrogens (tertiary/aromatic N) is 3. The van der Waals surface area contributed by atoms with E-state index in [1.165, 1.54) is 22.8 Å². The second-order valence-corrected chi connectivity index (χ2v) is 6.11. The highest BCUT2D eigenvalue weighted by molar-refractivity contribution is 5.77. The number of nitrogens with one attached hydrogen (secondary N) is 1. The smallest absolute Gasteiger partial charge is 0.407 e. The Kier molecular flexibility index (Phi) is 5.30. The monoisotopic (exact) mass is 370 g/mol. The van der Waals surface area contributed by atoms with Gasteiger partial charge in [-0.25, -0.2) is 4.79 Å². The molecule has 0 radical (unpaired) electrons. The Hall–Kier alpha value is -3.49. The summed E-state index contributed by atoms with van der Waals surface area (Å²) in [7, 11) is 0. The van der Waals surface area contributed by atoms with Crippen LogP contribution in [0.2, 0.25) is 0 Å². The van der Waals surface area contributed by atoms with Crippen molar-refractivity contribution in [1.82, 2.24) is 14.9 Å². The fourth-order valence-corrected chi connectivity index (χ4v) is 2.81. The number of amides is 1. The van der Waals surface area contributed by atoms with Crippen molar-refractivity contribution in [2.45, 2.75) is 32.4 Å². The average molecular weight is 370 g/mol. The standard InChI is InChI=1S/C18H18N4O5/c1-12(13-4-2-8-19-11-13)20-17(23)5-3-9-21-15-7-6-14(22(25)26)10-16(15)27-18(21)24/h2,4,6-8,10-12H,3,5,9H2,1H3,(H,20,23). The number of pyridine rings is 1. The number of nitro benzene ring substituents is 1. The van der Waals surface area contributed by atoms with E-state index in [4.69, 9.17) is 4.42 Å². The van der Waals surface area contributed by atoms with E-state index in [9.17, 15) is 19.7 Å². The van der Waals surface area contributed by atoms with Crippen LogP contribution in [0.15, 0.2) is 51.9 Å². The van der Waals surface area contributed by atoms with Crippen LogP contribution in [0, 0.1) is 10.1 Å². The number of carbonyl (C=O) groups excluding carboxylic acids is 1. The molecule has 1 amide bonds. The summed E-state index contributed by atoms with van der Waals surface area (Å²) in [6, 6.07) is 7.53. The zero-order valence-electron chi connectivity index (χ0n) is 14.6. The first-order chi connectivity index (χ1) is 13.0. The molecule has 27 heavy (non-hydrogen) atoms. The van der Waals surface area contributed by atoms with Crippen molar-refractivity contribution in [2.75, 3.05) is 0 Å². The number of nitro groups is 1. The number of hydrogen-bond donors (Lipinski definition) is 1. The summed E-state index contributed by atoms with van der Waals surface area (Å²) in [5.74, 6) is -0.738. The normalized spacial score (nSPS) is 12.0. The summed E-state index contributed by atoms with van der Waals surface area (Å²) in [4.78, 5) is 38.4. The van der Waals surface area contributed by atoms with E-state index in [1.807, 2.05) is 13.0 Å². The lowest BCUT2D eigenvalue weighted by Gasteiger charge is -2.13. The van der Waals surface area contributed by atoms with Crippen molar-refractivity contribution in [1.29, 1.82) is 0 Å². The first kappa shape index (κ1) is 18.3. The third-order valence-corrected chi connectivity index (χ3v) is 4.21. The molecule has 140 valence electrons. The maximum atomic E-state index is 12.1. The van der Waals surface area contributed by atoms with Crippen molar-refractivity contribution in [3.8, 4) is 0 Å². The number of fused-ring (bicyclic) bond motifs is 1. The molecule has 0 aliphatic carbocycles. The molecule has 0 aliphatic heterocycles. The topological polar surface area (TPSA) is 120 Å². The Morgan fingerprint density at radius 2 is 2.22 bits per heavy atom. The van der Waals surface area contributed by atoms with Crippen LogP contribution in [0.4, 0.5) is 5.69 Å². The van der Waals surface area contributed by atoms with Crippen LogP contribution in [-0.2, 0) is 11.3 Å². The summed E-state index contributed by atoms with van der Waals surface area (Å²) < 4.78 is 6.44. The van der Waals surface area contributed by atoms with Gasteiger partial charge in [0.05, 0.1) is 22.5 Å². The van der Waals surface area contributed by atoms with Gasteiger partial charge in [-0.1, -0.05) is 6.07 Å². The second kappa shape index (κ2) is 7.81. The molecule has 0 bridgehead atoms. The minimum atomic E-state index is -0.602. The summed E-state index contributed by atoms with van der Waals surface area (Å²) in [5.41, 5.74) is 1.38. The maximum Gasteiger partial charge on any atom is 0.419 e. The molecule has 3 rings (SSSR count). The Morgan fingerprint density at radius 1 is 1.41 bits per heavy atom. The van der Waals surface area contributed by atoms with Crippen LogP contribution in [0.25, 0.3) is 11.1 Å². The van der Waals surface area contributed by atoms with E-state index < -0.39 is 10.7 Å². The molecular weight excluding hydrogens is 352 g/mol. The molecule has 1 N–H and O–H groups in total. The van der Waals surface area contributed by atoms with Crippen LogP contribution in [0.5, 0.6) is 0 Å². The first-order valence-corrected chi connectivity index (χ1v) is 8.43. The van der Waals surface area contributed by atoms with E-state index in [1.54, 1.807) is 18.5 Å². The molecule has 3 aromatic rings. The van der Waals surface area contributed by atoms with Crippen molar-refractivity contribution >= 4 is 22.7 Å². The summed E-state index contributed by atoms with van der Waals surface area (Å²) in [6.07, 6.45) is 4.02. The lowest BCUT2D eigenvalue weighted by atomic mass is 10.1. The molecule has 2 heterocycles. The molecule has 0 saturated carbocycles. The minimum Gasteiger partial charge on any atom is -0.407 e. The number of hydrogen-bond acceptors (Lipinski definition) is 6. The average Bonchev–Trinajstić information content (AvgIpc) is 2.97. The molecule has 0 spiro atoms. The summed E-state index contributed by atoms with van der Waals surface area (Å²) >= 11 is 0. The third-order valence-electron chi connectivity index (χ3n) is 4.21. The van der Waals surface area contributed by atoms with Gasteiger partial charge in [-0.05, 0) is 31.0 Å². The van der Waals surface area contributed by atoms with Gasteiger partial charge in [-0.2, -0.15) is 0 Å². The van der Waals surface area contributed by atoms with Gasteiger partial charge in [0.25, 0.3) is 5.69 Å². The fraction of sp³-hybridized carbons (Fsp3) is 0.278. The predicted molar refractivity (Wildman–Crippen MR) is 97.2 cm³/mol. The van der Waals surface area contributed by atoms with Crippen molar-refractivity contribution < 1.29 is 14.1 Å². The Labute approximate surface area is 153 Å². The molecule has 1 unspecified atom stereocenters. The van der Waals surface area contributed by atoms with Gasteiger partial charge in [0.1, 0.15) is 0 Å². The minimum absolute atomic E-state index is 0.136. The van der Waals surface area contributed by atoms with Gasteiger partial charge in [0.15, 0.2) is 5.58 Å². The molecule has 0 aliphatic rings. The number of non-ortho nitro benzene ring substituents is 1. The molecular formula is C18H18N4O5. The highest BCUT2D eigenvalue weighted by atomic mass is 16.6. The number of aryl methyl sites for hydroxylation is 1. The largest absolute Gasteiger partial charge is 0.419 e. The molecule has 9 heteroatoms. The van der Waals surface area contributed by atoms with Gasteiger partial charge >= 0.3 is 5.76 Å². The Balaban J connectivity index is 1.60. The molecule has 0 saturated heterocycles. The fourth-order valence-electron chi connectivity index (χ4n) is 2.81. The van der Waals surface area contributed by atoms with Crippen molar-refractivity contribution in [3.05, 3.63) is 69.0 Å². The zero-order chi connectivity index (χ0) is 19.4. The lowest BCUT2D eigenvalue weighted by molar-refractivity contribution is -0.384. The van der Waals surface area contributed by atoms with Crippen LogP contribution in [0.3, 0.4) is 0 Å². The molecule has 2 aromatic heterocycles. The number of rotatable bonds is 7. The van der Waals surface area contributed by atoms with E-state index in [0.29, 0.717) is 11.9 Å². The van der Waals surface area contributed by atoms with E-state index in [0.717, 1.165) is 5.56 Å². The quantitative estimate of drug-likeness (QED) is 0.504. The van der Waals surface area contributed by atoms with Gasteiger partial charge < -0.3 is 9.73 Å². The first-order valence-electron chi connectivity index (χ1n) is 8.43. The van der Waals surface area contributed by atoms with Crippen molar-refractivity contribution in [2.24, 2.45) is 0 Å². The number of aromatic nitrogens is 2. The summed E-state index contributed by atoms with van der Waals surface area (Å²) in [5, 5.41) is 13.7. The van der Waals surface area contributed by atoms with Crippen LogP contribution in [-0.4, -0.2) is 20.4 Å². The molecule has 1 aromatic carbocycles. The zero-order valence-corrected chi connectivity index (χ0v) is 14.6. The van der Waals surface area contributed by atoms with E-state index in [2.05, 4.69) is 10.3 Å². The lowest BCUT2D eigenvalue weighted by Crippen LogP contribution is -2.27. The Morgan fingerprint density at radius 3 is 2.93 bits per heavy atom. The van der Waals surface area contributed by atoms with Crippen LogP contribution >= 0.6 is 0 Å². The van der Waals surface area contributed by atoms with Gasteiger partial charge in [0.2, 0.25) is 5.91 Å². The highest BCUT2D eigenvalue weighted by Crippen LogP contribution is 2.20. The predicted octanol–water partition coefficient (Wildman–Crippen LogP) is 2.56. The van der Waals surface area contributed by atoms with E-state index >= 15 is 0 Å². The SMILES string of the molecule is CC(NC(=O)CCCn1c(=O)oc2cc([N+](=O)[O-])ccc21)c1cccnc1. The van der Waals surface area contributed by atoms with Gasteiger partial charge in [-0.15, -0.1) is 0 Å². The van der Waals surface area contributed by atoms with Gasteiger partial charge in [0, 0.05) is 31.4 Å². The number of carbonyl (C=O) groups is 1. The second-order valence-electron chi connectivity index (χ2n) is 6.11.